The summed E-state index contributed by atoms with van der Waals surface area (Å²) in [5.74, 6) is 0. The summed E-state index contributed by atoms with van der Waals surface area (Å²) in [7, 11) is -8.40. The van der Waals surface area contributed by atoms with Crippen molar-refractivity contribution in [2.75, 3.05) is 26.4 Å². The van der Waals surface area contributed by atoms with Crippen LogP contribution in [0.5, 0.6) is 0 Å². The average Bonchev–Trinajstić information content (AvgIpc) is 3.02. The van der Waals surface area contributed by atoms with Crippen molar-refractivity contribution in [1.29, 1.82) is 0 Å². The van der Waals surface area contributed by atoms with Crippen LogP contribution in [0.25, 0.3) is 0 Å². The molecule has 0 aliphatic rings. The minimum atomic E-state index is -4.70. The fourth-order valence-electron chi connectivity index (χ4n) is 5.60. The van der Waals surface area contributed by atoms with Crippen molar-refractivity contribution in [3.8, 4) is 0 Å². The fraction of sp³-hybridized carbons (Fsp3) is 1.00. The molecular weight excluding hydrogens is 646 g/mol. The number of unbranched alkanes of at least 4 members (excludes halogenated alkanes) is 27. The molecule has 0 aromatic carbocycles. The van der Waals surface area contributed by atoms with Crippen LogP contribution >= 0.6 is 7.82 Å². The molecule has 0 aliphatic carbocycles. The summed E-state index contributed by atoms with van der Waals surface area (Å²) in [6, 6.07) is 0. The van der Waals surface area contributed by atoms with Gasteiger partial charge in [-0.25, -0.2) is 13.0 Å². The number of rotatable bonds is 39. The van der Waals surface area contributed by atoms with Crippen LogP contribution in [0.4, 0.5) is 0 Å². The van der Waals surface area contributed by atoms with Crippen LogP contribution < -0.4 is 29.6 Å². The summed E-state index contributed by atoms with van der Waals surface area (Å²) in [6.45, 7) is 5.03. The van der Waals surface area contributed by atoms with E-state index < -0.39 is 18.2 Å². The Morgan fingerprint density at radius 3 is 0.872 bits per heavy atom. The Kier molecular flexibility index (Phi) is 40.7. The molecule has 0 unspecified atom stereocenters. The van der Waals surface area contributed by atoms with E-state index >= 15 is 0 Å². The summed E-state index contributed by atoms with van der Waals surface area (Å²) in [4.78, 5) is 0. The molecule has 0 saturated carbocycles. The van der Waals surface area contributed by atoms with E-state index in [1.165, 1.54) is 141 Å². The number of phosphoric acid groups is 1. The minimum absolute atomic E-state index is 0. The maximum Gasteiger partial charge on any atom is 1.00 e. The first kappa shape index (κ1) is 50.1. The van der Waals surface area contributed by atoms with Gasteiger partial charge in [-0.2, -0.15) is 0 Å². The van der Waals surface area contributed by atoms with E-state index in [-0.39, 0.29) is 42.8 Å². The van der Waals surface area contributed by atoms with E-state index in [0.29, 0.717) is 26.1 Å². The van der Waals surface area contributed by atoms with Crippen molar-refractivity contribution in [3.05, 3.63) is 0 Å². The summed E-state index contributed by atoms with van der Waals surface area (Å²) >= 11 is 0. The molecule has 8 nitrogen and oxygen atoms in total. The molecule has 47 heavy (non-hydrogen) atoms. The molecule has 0 amide bonds. The van der Waals surface area contributed by atoms with Gasteiger partial charge in [0.2, 0.25) is 10.4 Å². The topological polar surface area (TPSA) is 111 Å². The minimum Gasteiger partial charge on any atom is -0.726 e. The average molecular weight is 721 g/mol. The Labute approximate surface area is 314 Å². The van der Waals surface area contributed by atoms with Crippen molar-refractivity contribution in [2.24, 2.45) is 0 Å². The normalized spacial score (nSPS) is 12.1. The first-order valence-corrected chi connectivity index (χ1v) is 22.3. The van der Waals surface area contributed by atoms with Gasteiger partial charge in [-0.05, 0) is 25.7 Å². The zero-order valence-electron chi connectivity index (χ0n) is 31.2. The van der Waals surface area contributed by atoms with Crippen molar-refractivity contribution < 1.29 is 64.8 Å². The SMILES string of the molecule is CCCCCCCCCCCCCCCCOP(=O)(OCCCCCCCCCCCCCCCC)OCCCCOS(=O)(=O)[O-].[Na+]. The van der Waals surface area contributed by atoms with Crippen LogP contribution in [0, 0.1) is 0 Å². The predicted molar refractivity (Wildman–Crippen MR) is 191 cm³/mol. The van der Waals surface area contributed by atoms with E-state index in [0.717, 1.165) is 38.5 Å². The molecule has 0 bridgehead atoms. The van der Waals surface area contributed by atoms with Gasteiger partial charge in [-0.3, -0.25) is 17.8 Å². The van der Waals surface area contributed by atoms with Crippen molar-refractivity contribution in [3.63, 3.8) is 0 Å². The zero-order chi connectivity index (χ0) is 33.9. The van der Waals surface area contributed by atoms with E-state index in [1.807, 2.05) is 0 Å². The standard InChI is InChI=1S/C36H75O8PS.Na/c1-3-5-7-9-11-13-15-17-19-21-23-25-27-29-33-41-45(37,43-35-31-32-36-44-46(38,39)40)42-34-30-28-26-24-22-20-18-16-14-12-10-8-6-4-2;/h3-36H2,1-2H3,(H,38,39,40);/q;+1/p-1. The quantitative estimate of drug-likeness (QED) is 0.0203. The maximum absolute atomic E-state index is 13.2. The van der Waals surface area contributed by atoms with E-state index in [9.17, 15) is 17.5 Å². The van der Waals surface area contributed by atoms with Gasteiger partial charge in [0.05, 0.1) is 26.4 Å². The molecule has 0 aromatic heterocycles. The third-order valence-corrected chi connectivity index (χ3v) is 10.5. The summed E-state index contributed by atoms with van der Waals surface area (Å²) in [5.41, 5.74) is 0. The molecule has 0 heterocycles. The van der Waals surface area contributed by atoms with Crippen molar-refractivity contribution in [1.82, 2.24) is 0 Å². The second kappa shape index (κ2) is 38.2. The first-order chi connectivity index (χ1) is 22.3. The van der Waals surface area contributed by atoms with E-state index in [1.54, 1.807) is 0 Å². The number of phosphoric ester groups is 1. The Hall–Kier alpha value is 0.980. The zero-order valence-corrected chi connectivity index (χ0v) is 34.9. The van der Waals surface area contributed by atoms with Crippen LogP contribution in [0.2, 0.25) is 0 Å². The van der Waals surface area contributed by atoms with Gasteiger partial charge in [0.15, 0.2) is 0 Å². The molecular formula is C36H74NaO8PS. The van der Waals surface area contributed by atoms with Gasteiger partial charge >= 0.3 is 37.4 Å². The van der Waals surface area contributed by atoms with Crippen LogP contribution in [-0.2, 0) is 32.7 Å². The van der Waals surface area contributed by atoms with Crippen LogP contribution in [0.1, 0.15) is 206 Å². The summed E-state index contributed by atoms with van der Waals surface area (Å²) in [6.07, 6.45) is 36.1. The molecule has 0 saturated heterocycles. The second-order valence-electron chi connectivity index (χ2n) is 13.1. The molecule has 0 rings (SSSR count). The second-order valence-corrected chi connectivity index (χ2v) is 15.8. The molecule has 0 aliphatic heterocycles. The van der Waals surface area contributed by atoms with Crippen molar-refractivity contribution >= 4 is 18.2 Å². The van der Waals surface area contributed by atoms with Crippen molar-refractivity contribution in [2.45, 2.75) is 206 Å². The van der Waals surface area contributed by atoms with Gasteiger partial charge < -0.3 is 4.55 Å². The monoisotopic (exact) mass is 720 g/mol. The van der Waals surface area contributed by atoms with Gasteiger partial charge in [-0.15, -0.1) is 0 Å². The summed E-state index contributed by atoms with van der Waals surface area (Å²) < 4.78 is 66.0. The smallest absolute Gasteiger partial charge is 0.726 e. The molecule has 0 aromatic rings. The van der Waals surface area contributed by atoms with Gasteiger partial charge in [0.25, 0.3) is 0 Å². The summed E-state index contributed by atoms with van der Waals surface area (Å²) in [5, 5.41) is 0. The Morgan fingerprint density at radius 1 is 0.404 bits per heavy atom. The predicted octanol–water partition coefficient (Wildman–Crippen LogP) is 9.37. The molecule has 0 radical (unpaired) electrons. The molecule has 278 valence electrons. The molecule has 0 atom stereocenters. The van der Waals surface area contributed by atoms with Gasteiger partial charge in [0, 0.05) is 0 Å². The van der Waals surface area contributed by atoms with Gasteiger partial charge in [0.1, 0.15) is 0 Å². The van der Waals surface area contributed by atoms with E-state index in [2.05, 4.69) is 18.0 Å². The largest absolute Gasteiger partial charge is 1.00 e. The Morgan fingerprint density at radius 2 is 0.617 bits per heavy atom. The molecule has 11 heteroatoms. The van der Waals surface area contributed by atoms with E-state index in [4.69, 9.17) is 13.6 Å². The van der Waals surface area contributed by atoms with Crippen LogP contribution in [0.3, 0.4) is 0 Å². The van der Waals surface area contributed by atoms with Crippen LogP contribution in [0.15, 0.2) is 0 Å². The molecule has 0 fully saturated rings. The number of hydrogen-bond donors (Lipinski definition) is 0. The maximum atomic E-state index is 13.2. The van der Waals surface area contributed by atoms with Crippen LogP contribution in [-0.4, -0.2) is 39.4 Å². The third-order valence-electron chi connectivity index (χ3n) is 8.51. The molecule has 0 spiro atoms. The van der Waals surface area contributed by atoms with Gasteiger partial charge in [-0.1, -0.05) is 181 Å². The Bertz CT molecular complexity index is 734. The molecule has 0 N–H and O–H groups in total. The fourth-order valence-corrected chi connectivity index (χ4v) is 7.20. The Balaban J connectivity index is 0. The number of hydrogen-bond acceptors (Lipinski definition) is 8. The third kappa shape index (κ3) is 41.3. The first-order valence-electron chi connectivity index (χ1n) is 19.5.